The van der Waals surface area contributed by atoms with Crippen LogP contribution in [0.1, 0.15) is 77.8 Å². The van der Waals surface area contributed by atoms with Gasteiger partial charge < -0.3 is 0 Å². The maximum Gasteiger partial charge on any atom is 0.201 e. The molecule has 7 rings (SSSR count). The number of Topliss-reactive ketones (excluding diaryl/α,β-unsaturated/α-hetero) is 1. The van der Waals surface area contributed by atoms with Gasteiger partial charge >= 0.3 is 0 Å². The number of allylic oxidation sites excluding steroid dienone is 1. The van der Waals surface area contributed by atoms with Gasteiger partial charge in [0.05, 0.1) is 32.7 Å². The molecule has 43 heavy (non-hydrogen) atoms. The Kier molecular flexibility index (Phi) is 6.83. The monoisotopic (exact) mass is 618 g/mol. The van der Waals surface area contributed by atoms with E-state index in [4.69, 9.17) is 0 Å². The van der Waals surface area contributed by atoms with Crippen molar-refractivity contribution in [1.82, 2.24) is 28.9 Å². The van der Waals surface area contributed by atoms with Crippen molar-refractivity contribution >= 4 is 38.8 Å². The third-order valence-corrected chi connectivity index (χ3v) is 12.5. The molecule has 0 N–H and O–H groups in total. The van der Waals surface area contributed by atoms with E-state index in [9.17, 15) is 13.4 Å². The van der Waals surface area contributed by atoms with Crippen molar-refractivity contribution in [1.29, 1.82) is 0 Å². The number of aryl methyl sites for hydroxylation is 1. The van der Waals surface area contributed by atoms with Gasteiger partial charge in [0.25, 0.3) is 0 Å². The maximum atomic E-state index is 14.7. The molecule has 3 atom stereocenters. The second-order valence-electron chi connectivity index (χ2n) is 12.4. The summed E-state index contributed by atoms with van der Waals surface area (Å²) in [4.78, 5) is 20.5. The summed E-state index contributed by atoms with van der Waals surface area (Å²) in [6, 6.07) is 7.80. The molecule has 2 saturated carbocycles. The van der Waals surface area contributed by atoms with Gasteiger partial charge in [0.15, 0.2) is 10.0 Å². The molecule has 8 nitrogen and oxygen atoms in total. The average Bonchev–Trinajstić information content (AvgIpc) is 3.33. The van der Waals surface area contributed by atoms with Crippen LogP contribution in [0.15, 0.2) is 59.5 Å². The van der Waals surface area contributed by atoms with Crippen LogP contribution >= 0.6 is 11.3 Å². The first kappa shape index (κ1) is 28.4. The number of hydrogen-bond donors (Lipinski definition) is 0. The summed E-state index contributed by atoms with van der Waals surface area (Å²) >= 11 is 1.52. The van der Waals surface area contributed by atoms with Crippen molar-refractivity contribution in [2.45, 2.75) is 75.4 Å². The molecule has 0 amide bonds. The Morgan fingerprint density at radius 1 is 1.19 bits per heavy atom. The van der Waals surface area contributed by atoms with E-state index in [1.54, 1.807) is 36.1 Å². The number of rotatable bonds is 8. The molecule has 0 radical (unpaired) electrons. The van der Waals surface area contributed by atoms with Crippen LogP contribution in [-0.2, 0) is 23.2 Å². The minimum atomic E-state index is -2.92. The highest BCUT2D eigenvalue weighted by Gasteiger charge is 2.52. The molecule has 1 aromatic carbocycles. The highest BCUT2D eigenvalue weighted by molar-refractivity contribution is 7.98. The van der Waals surface area contributed by atoms with Gasteiger partial charge in [-0.25, -0.2) is 22.6 Å². The molecular formula is C32H35FN6O2S2. The lowest BCUT2D eigenvalue weighted by molar-refractivity contribution is 0.0731. The number of ketones is 1. The predicted octanol–water partition coefficient (Wildman–Crippen LogP) is 5.84. The normalized spacial score (nSPS) is 23.1. The second-order valence-corrected chi connectivity index (χ2v) is 15.5. The summed E-state index contributed by atoms with van der Waals surface area (Å²) in [5.74, 6) is 4.46. The molecule has 3 aliphatic rings. The third kappa shape index (κ3) is 4.81. The van der Waals surface area contributed by atoms with Gasteiger partial charge in [0.2, 0.25) is 5.78 Å². The number of fused-ring (bicyclic) bond motifs is 2. The fourth-order valence-corrected chi connectivity index (χ4v) is 10.1. The molecule has 0 spiro atoms. The number of nitrogens with zero attached hydrogens (tertiary/aromatic N) is 6. The number of carbonyl (C=O) groups is 1. The Labute approximate surface area is 255 Å². The van der Waals surface area contributed by atoms with Gasteiger partial charge in [-0.05, 0) is 106 Å². The van der Waals surface area contributed by atoms with Crippen LogP contribution in [0, 0.1) is 11.2 Å². The molecule has 3 aliphatic carbocycles. The van der Waals surface area contributed by atoms with E-state index >= 15 is 0 Å². The first-order chi connectivity index (χ1) is 20.6. The quantitative estimate of drug-likeness (QED) is 0.183. The highest BCUT2D eigenvalue weighted by atomic mass is 32.2. The van der Waals surface area contributed by atoms with Crippen LogP contribution in [0.5, 0.6) is 0 Å². The van der Waals surface area contributed by atoms with Crippen molar-refractivity contribution in [3.63, 3.8) is 0 Å². The van der Waals surface area contributed by atoms with Crippen LogP contribution in [0.4, 0.5) is 4.39 Å². The van der Waals surface area contributed by atoms with E-state index in [0.717, 1.165) is 41.8 Å². The molecule has 0 aliphatic heterocycles. The Balaban J connectivity index is 1.31. The zero-order valence-corrected chi connectivity index (χ0v) is 26.2. The molecule has 3 heterocycles. The summed E-state index contributed by atoms with van der Waals surface area (Å²) < 4.78 is 33.5. The number of thiazole rings is 1. The average molecular weight is 619 g/mol. The first-order valence-corrected chi connectivity index (χ1v) is 17.3. The summed E-state index contributed by atoms with van der Waals surface area (Å²) in [5.41, 5.74) is 2.83. The topological polar surface area (TPSA) is 85.9 Å². The number of aromatic nitrogens is 5. The third-order valence-electron chi connectivity index (χ3n) is 9.06. The van der Waals surface area contributed by atoms with Crippen LogP contribution in [0.25, 0.3) is 11.8 Å². The smallest absolute Gasteiger partial charge is 0.201 e. The molecule has 224 valence electrons. The molecule has 4 aromatic rings. The molecule has 2 fully saturated rings. The number of carbonyl (C=O) groups excluding carboxylic acids is 1. The van der Waals surface area contributed by atoms with E-state index in [1.807, 2.05) is 35.2 Å². The molecule has 1 unspecified atom stereocenters. The van der Waals surface area contributed by atoms with Crippen molar-refractivity contribution in [2.75, 3.05) is 0 Å². The van der Waals surface area contributed by atoms with Crippen molar-refractivity contribution in [3.05, 3.63) is 81.5 Å². The van der Waals surface area contributed by atoms with Gasteiger partial charge in [-0.3, -0.25) is 9.48 Å². The van der Waals surface area contributed by atoms with Gasteiger partial charge in [0, 0.05) is 36.4 Å². The van der Waals surface area contributed by atoms with Gasteiger partial charge in [-0.2, -0.15) is 10.2 Å². The van der Waals surface area contributed by atoms with E-state index < -0.39 is 15.1 Å². The lowest BCUT2D eigenvalue weighted by atomic mass is 9.61. The molecular weight excluding hydrogens is 584 g/mol. The number of benzene rings is 1. The fourth-order valence-electron chi connectivity index (χ4n) is 6.92. The van der Waals surface area contributed by atoms with Gasteiger partial charge in [-0.15, -0.1) is 11.3 Å². The van der Waals surface area contributed by atoms with Crippen LogP contribution < -0.4 is 0 Å². The van der Waals surface area contributed by atoms with Gasteiger partial charge in [-0.1, -0.05) is 5.57 Å². The zero-order chi connectivity index (χ0) is 30.1. The van der Waals surface area contributed by atoms with E-state index in [1.165, 1.54) is 28.3 Å². The lowest BCUT2D eigenvalue weighted by Gasteiger charge is -2.48. The molecule has 11 heteroatoms. The predicted molar refractivity (Wildman–Crippen MR) is 167 cm³/mol. The standard InChI is InChI=1S/C32H35FN6O2S2/c1-20(2)39(43(4,41)29-13-14-37(3)36-29)26-10-7-23-15-27-22(18-35-38(27)25-11-8-24(33)9-12-25)16-32(23,17-26)30(40)31-34-19-28(42-31)21-5-6-21/h8-9,11-15,18-21,26H,4-7,10,16-17H2,1-3H3/t26-,32-,43?/m0/s1. The van der Waals surface area contributed by atoms with E-state index in [0.29, 0.717) is 35.2 Å². The summed E-state index contributed by atoms with van der Waals surface area (Å²) in [7, 11) is -1.11. The van der Waals surface area contributed by atoms with Crippen LogP contribution in [-0.4, -0.2) is 56.8 Å². The Morgan fingerprint density at radius 3 is 2.63 bits per heavy atom. The zero-order valence-electron chi connectivity index (χ0n) is 24.6. The molecule has 0 bridgehead atoms. The Hall–Kier alpha value is -3.41. The molecule has 0 saturated heterocycles. The largest absolute Gasteiger partial charge is 0.290 e. The lowest BCUT2D eigenvalue weighted by Crippen LogP contribution is -2.52. The van der Waals surface area contributed by atoms with Crippen molar-refractivity contribution in [3.8, 4) is 5.69 Å². The minimum Gasteiger partial charge on any atom is -0.290 e. The maximum absolute atomic E-state index is 14.7. The second kappa shape index (κ2) is 10.3. The first-order valence-electron chi connectivity index (χ1n) is 14.8. The Morgan fingerprint density at radius 2 is 1.95 bits per heavy atom. The Bertz CT molecular complexity index is 1850. The number of halogens is 1. The fraction of sp³-hybridized carbons (Fsp3) is 0.406. The summed E-state index contributed by atoms with van der Waals surface area (Å²) in [5, 5.41) is 10.1. The minimum absolute atomic E-state index is 0.0256. The number of hydrogen-bond acceptors (Lipinski definition) is 6. The van der Waals surface area contributed by atoms with Gasteiger partial charge in [0.1, 0.15) is 5.82 Å². The van der Waals surface area contributed by atoms with Crippen molar-refractivity contribution in [2.24, 2.45) is 12.5 Å². The van der Waals surface area contributed by atoms with E-state index in [-0.39, 0.29) is 23.7 Å². The molecule has 3 aromatic heterocycles. The summed E-state index contributed by atoms with van der Waals surface area (Å²) in [6.45, 7) is 4.06. The van der Waals surface area contributed by atoms with Crippen LogP contribution in [0.3, 0.4) is 0 Å². The SMILES string of the molecule is C=S(=O)(c1ccn(C)n1)N(C(C)C)[C@H]1CCC2=Cc3c(cnn3-c3ccc(F)cc3)C[C@]2(C(=O)c2ncc(C3CC3)s2)C1. The van der Waals surface area contributed by atoms with E-state index in [2.05, 4.69) is 27.1 Å². The summed E-state index contributed by atoms with van der Waals surface area (Å²) in [6.07, 6.45) is 12.2. The highest BCUT2D eigenvalue weighted by Crippen LogP contribution is 2.52. The van der Waals surface area contributed by atoms with Crippen molar-refractivity contribution < 1.29 is 13.4 Å². The van der Waals surface area contributed by atoms with Crippen LogP contribution in [0.2, 0.25) is 0 Å².